The van der Waals surface area contributed by atoms with Crippen LogP contribution in [0, 0.1) is 5.92 Å². The minimum absolute atomic E-state index is 0.0998. The molecule has 2 amide bonds. The summed E-state index contributed by atoms with van der Waals surface area (Å²) in [5.74, 6) is -0.295. The van der Waals surface area contributed by atoms with Crippen LogP contribution in [0.5, 0.6) is 5.75 Å². The molecule has 0 aliphatic rings. The monoisotopic (exact) mass is 380 g/mol. The first-order valence-corrected chi connectivity index (χ1v) is 8.32. The molecule has 0 heterocycles. The zero-order valence-corrected chi connectivity index (χ0v) is 15.5. The number of hydrogen-bond acceptors (Lipinski definition) is 3. The zero-order valence-electron chi connectivity index (χ0n) is 14.0. The molecule has 0 atom stereocenters. The Hall–Kier alpha value is -2.24. The van der Waals surface area contributed by atoms with Gasteiger partial charge in [0.25, 0.3) is 5.91 Å². The highest BCUT2D eigenvalue weighted by Crippen LogP contribution is 2.34. The summed E-state index contributed by atoms with van der Waals surface area (Å²) in [6, 6.07) is 9.83. The van der Waals surface area contributed by atoms with E-state index in [-0.39, 0.29) is 27.8 Å². The molecule has 0 fully saturated rings. The fourth-order valence-electron chi connectivity index (χ4n) is 2.05. The summed E-state index contributed by atoms with van der Waals surface area (Å²) in [6.45, 7) is 3.61. The highest BCUT2D eigenvalue weighted by molar-refractivity contribution is 6.37. The van der Waals surface area contributed by atoms with Crippen molar-refractivity contribution in [1.82, 2.24) is 0 Å². The van der Waals surface area contributed by atoms with Crippen LogP contribution in [0.4, 0.5) is 11.4 Å². The fraction of sp³-hybridized carbons (Fsp3) is 0.222. The molecule has 0 bridgehead atoms. The Morgan fingerprint density at radius 2 is 1.56 bits per heavy atom. The second kappa shape index (κ2) is 8.23. The summed E-state index contributed by atoms with van der Waals surface area (Å²) >= 11 is 12.1. The number of carbonyl (C=O) groups excluding carboxylic acids is 2. The van der Waals surface area contributed by atoms with E-state index in [4.69, 9.17) is 27.9 Å². The van der Waals surface area contributed by atoms with E-state index in [2.05, 4.69) is 10.6 Å². The van der Waals surface area contributed by atoms with E-state index in [9.17, 15) is 9.59 Å². The maximum absolute atomic E-state index is 12.4. The summed E-state index contributed by atoms with van der Waals surface area (Å²) in [5, 5.41) is 6.02. The topological polar surface area (TPSA) is 67.4 Å². The maximum atomic E-state index is 12.4. The first kappa shape index (κ1) is 19.1. The minimum Gasteiger partial charge on any atom is -0.494 e. The molecule has 2 aromatic rings. The predicted octanol–water partition coefficient (Wildman–Crippen LogP) is 4.85. The molecule has 25 heavy (non-hydrogen) atoms. The number of amides is 2. The predicted molar refractivity (Wildman–Crippen MR) is 101 cm³/mol. The molecule has 0 unspecified atom stereocenters. The number of hydrogen-bond donors (Lipinski definition) is 2. The first-order valence-electron chi connectivity index (χ1n) is 7.57. The molecule has 0 saturated carbocycles. The summed E-state index contributed by atoms with van der Waals surface area (Å²) < 4.78 is 5.06. The molecule has 132 valence electrons. The van der Waals surface area contributed by atoms with Gasteiger partial charge in [0.2, 0.25) is 5.91 Å². The van der Waals surface area contributed by atoms with Gasteiger partial charge >= 0.3 is 0 Å². The third kappa shape index (κ3) is 4.87. The van der Waals surface area contributed by atoms with E-state index < -0.39 is 0 Å². The third-order valence-electron chi connectivity index (χ3n) is 3.38. The Balaban J connectivity index is 2.17. The Labute approximate surface area is 156 Å². The second-order valence-corrected chi connectivity index (χ2v) is 6.47. The maximum Gasteiger partial charge on any atom is 0.255 e. The molecule has 2 aromatic carbocycles. The smallest absolute Gasteiger partial charge is 0.255 e. The summed E-state index contributed by atoms with van der Waals surface area (Å²) in [6.07, 6.45) is 0. The lowest BCUT2D eigenvalue weighted by Gasteiger charge is -2.11. The van der Waals surface area contributed by atoms with Gasteiger partial charge in [0.05, 0.1) is 17.2 Å². The van der Waals surface area contributed by atoms with Gasteiger partial charge in [0.1, 0.15) is 0 Å². The van der Waals surface area contributed by atoms with E-state index >= 15 is 0 Å². The standard InChI is InChI=1S/C18H18Cl2N2O3/c1-10(2)17(23)21-12-5-4-6-13(9-12)22-18(24)11-7-14(19)16(25-3)15(20)8-11/h4-10H,1-3H3,(H,21,23)(H,22,24). The van der Waals surface area contributed by atoms with Gasteiger partial charge in [-0.2, -0.15) is 0 Å². The molecule has 0 spiro atoms. The number of ether oxygens (including phenoxy) is 1. The van der Waals surface area contributed by atoms with E-state index in [0.717, 1.165) is 0 Å². The van der Waals surface area contributed by atoms with Gasteiger partial charge < -0.3 is 15.4 Å². The average Bonchev–Trinajstić information content (AvgIpc) is 2.54. The van der Waals surface area contributed by atoms with Gasteiger partial charge in [0.15, 0.2) is 5.75 Å². The van der Waals surface area contributed by atoms with Crippen molar-refractivity contribution in [1.29, 1.82) is 0 Å². The van der Waals surface area contributed by atoms with Crippen LogP contribution < -0.4 is 15.4 Å². The molecule has 5 nitrogen and oxygen atoms in total. The molecule has 2 rings (SSSR count). The fourth-order valence-corrected chi connectivity index (χ4v) is 2.69. The van der Waals surface area contributed by atoms with Crippen molar-refractivity contribution in [2.75, 3.05) is 17.7 Å². The van der Waals surface area contributed by atoms with Crippen molar-refractivity contribution in [2.45, 2.75) is 13.8 Å². The third-order valence-corrected chi connectivity index (χ3v) is 3.94. The van der Waals surface area contributed by atoms with E-state index in [1.165, 1.54) is 19.2 Å². The highest BCUT2D eigenvalue weighted by atomic mass is 35.5. The molecule has 0 radical (unpaired) electrons. The molecule has 0 saturated heterocycles. The molecule has 2 N–H and O–H groups in total. The largest absolute Gasteiger partial charge is 0.494 e. The van der Waals surface area contributed by atoms with E-state index in [1.807, 2.05) is 0 Å². The number of methoxy groups -OCH3 is 1. The zero-order chi connectivity index (χ0) is 18.6. The Kier molecular flexibility index (Phi) is 6.28. The van der Waals surface area contributed by atoms with Crippen LogP contribution in [0.3, 0.4) is 0 Å². The number of halogens is 2. The van der Waals surface area contributed by atoms with Crippen LogP contribution in [0.2, 0.25) is 10.0 Å². The van der Waals surface area contributed by atoms with Crippen LogP contribution >= 0.6 is 23.2 Å². The van der Waals surface area contributed by atoms with Gasteiger partial charge in [-0.15, -0.1) is 0 Å². The number of nitrogens with one attached hydrogen (secondary N) is 2. The van der Waals surface area contributed by atoms with Crippen LogP contribution in [-0.2, 0) is 4.79 Å². The average molecular weight is 381 g/mol. The summed E-state index contributed by atoms with van der Waals surface area (Å²) in [7, 11) is 1.45. The molecular weight excluding hydrogens is 363 g/mol. The summed E-state index contributed by atoms with van der Waals surface area (Å²) in [5.41, 5.74) is 1.43. The SMILES string of the molecule is COc1c(Cl)cc(C(=O)Nc2cccc(NC(=O)C(C)C)c2)cc1Cl. The lowest BCUT2D eigenvalue weighted by molar-refractivity contribution is -0.118. The van der Waals surface area contributed by atoms with Crippen molar-refractivity contribution in [3.8, 4) is 5.75 Å². The van der Waals surface area contributed by atoms with Gasteiger partial charge in [-0.1, -0.05) is 43.1 Å². The van der Waals surface area contributed by atoms with E-state index in [0.29, 0.717) is 22.7 Å². The number of anilines is 2. The molecule has 0 aliphatic heterocycles. The van der Waals surface area contributed by atoms with E-state index in [1.54, 1.807) is 38.1 Å². The molecule has 0 aliphatic carbocycles. The molecule has 7 heteroatoms. The Morgan fingerprint density at radius 1 is 1.00 bits per heavy atom. The van der Waals surface area contributed by atoms with Gasteiger partial charge in [-0.05, 0) is 30.3 Å². The van der Waals surface area contributed by atoms with Crippen molar-refractivity contribution in [2.24, 2.45) is 5.92 Å². The normalized spacial score (nSPS) is 10.5. The van der Waals surface area contributed by atoms with Gasteiger partial charge in [0, 0.05) is 22.9 Å². The quantitative estimate of drug-likeness (QED) is 0.778. The summed E-state index contributed by atoms with van der Waals surface area (Å²) in [4.78, 5) is 24.2. The van der Waals surface area contributed by atoms with Crippen LogP contribution in [0.15, 0.2) is 36.4 Å². The minimum atomic E-state index is -0.376. The van der Waals surface area contributed by atoms with Crippen LogP contribution in [-0.4, -0.2) is 18.9 Å². The second-order valence-electron chi connectivity index (χ2n) is 5.65. The van der Waals surface area contributed by atoms with Gasteiger partial charge in [-0.3, -0.25) is 9.59 Å². The van der Waals surface area contributed by atoms with Crippen molar-refractivity contribution in [3.05, 3.63) is 52.0 Å². The van der Waals surface area contributed by atoms with Crippen molar-refractivity contribution < 1.29 is 14.3 Å². The van der Waals surface area contributed by atoms with Crippen LogP contribution in [0.25, 0.3) is 0 Å². The van der Waals surface area contributed by atoms with Crippen LogP contribution in [0.1, 0.15) is 24.2 Å². The highest BCUT2D eigenvalue weighted by Gasteiger charge is 2.14. The number of carbonyl (C=O) groups is 2. The Morgan fingerprint density at radius 3 is 2.08 bits per heavy atom. The number of rotatable bonds is 5. The molecular formula is C18H18Cl2N2O3. The molecule has 0 aromatic heterocycles. The lowest BCUT2D eigenvalue weighted by Crippen LogP contribution is -2.18. The lowest BCUT2D eigenvalue weighted by atomic mass is 10.2. The van der Waals surface area contributed by atoms with Crippen molar-refractivity contribution >= 4 is 46.4 Å². The Bertz CT molecular complexity index is 784. The number of benzene rings is 2. The van der Waals surface area contributed by atoms with Crippen molar-refractivity contribution in [3.63, 3.8) is 0 Å². The first-order chi connectivity index (χ1) is 11.8. The van der Waals surface area contributed by atoms with Gasteiger partial charge in [-0.25, -0.2) is 0 Å².